The number of rotatable bonds is 14. The molecular formula is C49H66O7. The molecule has 0 spiro atoms. The molecule has 7 atom stereocenters. The molecule has 3 aromatic carbocycles. The minimum Gasteiger partial charge on any atom is -0.508 e. The Morgan fingerprint density at radius 1 is 0.911 bits per heavy atom. The molecule has 1 aliphatic heterocycles. The second kappa shape index (κ2) is 17.9. The summed E-state index contributed by atoms with van der Waals surface area (Å²) in [6.07, 6.45) is 17.4. The van der Waals surface area contributed by atoms with Gasteiger partial charge in [0.25, 0.3) is 0 Å². The second-order valence-corrected chi connectivity index (χ2v) is 17.9. The third-order valence-electron chi connectivity index (χ3n) is 13.5. The molecule has 3 aromatic rings. The van der Waals surface area contributed by atoms with Gasteiger partial charge < -0.3 is 34.6 Å². The van der Waals surface area contributed by atoms with Crippen LogP contribution >= 0.6 is 0 Å². The Bertz CT molecular complexity index is 1840. The van der Waals surface area contributed by atoms with Crippen molar-refractivity contribution >= 4 is 0 Å². The second-order valence-electron chi connectivity index (χ2n) is 17.9. The van der Waals surface area contributed by atoms with Crippen LogP contribution in [0.5, 0.6) is 28.7 Å². The van der Waals surface area contributed by atoms with Crippen LogP contribution < -0.4 is 14.2 Å². The number of unbranched alkanes of at least 4 members (excludes halogenated alkanes) is 2. The molecule has 304 valence electrons. The van der Waals surface area contributed by atoms with Crippen LogP contribution in [0, 0.1) is 29.6 Å². The highest BCUT2D eigenvalue weighted by Crippen LogP contribution is 2.56. The molecule has 3 aliphatic carbocycles. The van der Waals surface area contributed by atoms with Gasteiger partial charge in [0.05, 0.1) is 19.3 Å². The lowest BCUT2D eigenvalue weighted by atomic mass is 9.63. The van der Waals surface area contributed by atoms with Gasteiger partial charge in [-0.1, -0.05) is 78.0 Å². The van der Waals surface area contributed by atoms with Gasteiger partial charge in [0.15, 0.2) is 11.5 Å². The number of aromatic hydroxyl groups is 2. The Balaban J connectivity index is 1.31. The summed E-state index contributed by atoms with van der Waals surface area (Å²) < 4.78 is 19.4. The van der Waals surface area contributed by atoms with Gasteiger partial charge in [0.1, 0.15) is 23.4 Å². The standard InChI is InChI=1S/C49H66O7/c1-6-7-9-12-30(4)37-22-32(16-15-31(37)19-20-50)38-23-34-25-42(52)35(21-29(2)3)24-39(34)48-46(54-5)28-44-40(47(38)48)27-43(53)49(56-44)33-17-18-41(51)45(26-33)55-36-13-10-8-11-14-36/h15-18,24-26,28-32,36-38,43,49-53H,6-14,19-23,27H2,1-5H3/t30-,31-,32+,37-,38+,43+,49-/m0/s1. The summed E-state index contributed by atoms with van der Waals surface area (Å²) in [6.45, 7) is 9.20. The molecule has 0 aromatic heterocycles. The fraction of sp³-hybridized carbons (Fsp3) is 0.592. The highest BCUT2D eigenvalue weighted by molar-refractivity contribution is 5.83. The lowest BCUT2D eigenvalue weighted by molar-refractivity contribution is 0.0198. The average molecular weight is 767 g/mol. The molecule has 1 fully saturated rings. The maximum Gasteiger partial charge on any atom is 0.161 e. The van der Waals surface area contributed by atoms with Crippen LogP contribution in [0.1, 0.15) is 138 Å². The predicted molar refractivity (Wildman–Crippen MR) is 223 cm³/mol. The molecule has 0 radical (unpaired) electrons. The van der Waals surface area contributed by atoms with Gasteiger partial charge in [-0.2, -0.15) is 0 Å². The smallest absolute Gasteiger partial charge is 0.161 e. The van der Waals surface area contributed by atoms with Crippen molar-refractivity contribution in [1.82, 2.24) is 0 Å². The first-order chi connectivity index (χ1) is 27.1. The van der Waals surface area contributed by atoms with Gasteiger partial charge in [0.2, 0.25) is 0 Å². The molecular weight excluding hydrogens is 701 g/mol. The summed E-state index contributed by atoms with van der Waals surface area (Å²) in [5.41, 5.74) is 7.16. The summed E-state index contributed by atoms with van der Waals surface area (Å²) in [4.78, 5) is 0. The van der Waals surface area contributed by atoms with Gasteiger partial charge >= 0.3 is 0 Å². The molecule has 7 heteroatoms. The van der Waals surface area contributed by atoms with Crippen molar-refractivity contribution in [2.24, 2.45) is 29.6 Å². The Hall–Kier alpha value is -3.68. The summed E-state index contributed by atoms with van der Waals surface area (Å²) in [5, 5.41) is 44.2. The van der Waals surface area contributed by atoms with Crippen molar-refractivity contribution in [1.29, 1.82) is 0 Å². The van der Waals surface area contributed by atoms with Crippen molar-refractivity contribution < 1.29 is 34.6 Å². The molecule has 4 aliphatic rings. The van der Waals surface area contributed by atoms with Crippen LogP contribution in [0.2, 0.25) is 0 Å². The molecule has 4 N–H and O–H groups in total. The minimum atomic E-state index is -0.826. The van der Waals surface area contributed by atoms with Crippen LogP contribution in [0.4, 0.5) is 0 Å². The highest BCUT2D eigenvalue weighted by atomic mass is 16.5. The van der Waals surface area contributed by atoms with Crippen LogP contribution in [0.3, 0.4) is 0 Å². The first-order valence-corrected chi connectivity index (χ1v) is 21.8. The monoisotopic (exact) mass is 766 g/mol. The minimum absolute atomic E-state index is 0.0740. The van der Waals surface area contributed by atoms with E-state index in [1.54, 1.807) is 13.2 Å². The number of fused-ring (bicyclic) bond motifs is 5. The quantitative estimate of drug-likeness (QED) is 0.0955. The Kier molecular flexibility index (Phi) is 12.9. The van der Waals surface area contributed by atoms with Crippen molar-refractivity contribution in [2.75, 3.05) is 13.7 Å². The van der Waals surface area contributed by atoms with Crippen LogP contribution in [0.25, 0.3) is 11.1 Å². The number of hydrogen-bond donors (Lipinski definition) is 4. The number of aliphatic hydroxyl groups is 2. The zero-order chi connectivity index (χ0) is 39.5. The SMILES string of the molecule is CCCCC[C@H](C)[C@@H]1C[C@H]([C@H]2Cc3cc(O)c(CC(C)C)cc3-c3c(OC)cc4c(c32)C[C@@H](O)[C@H](c2ccc(O)c(OC3CCCCC3)c2)O4)C=C[C@H]1CCO. The van der Waals surface area contributed by atoms with Gasteiger partial charge in [-0.05, 0) is 139 Å². The number of benzene rings is 3. The van der Waals surface area contributed by atoms with Gasteiger partial charge in [-0.25, -0.2) is 0 Å². The summed E-state index contributed by atoms with van der Waals surface area (Å²) in [6, 6.07) is 11.5. The van der Waals surface area contributed by atoms with E-state index in [4.69, 9.17) is 14.2 Å². The lowest BCUT2D eigenvalue weighted by Gasteiger charge is -2.43. The van der Waals surface area contributed by atoms with E-state index >= 15 is 0 Å². The fourth-order valence-corrected chi connectivity index (χ4v) is 10.6. The largest absolute Gasteiger partial charge is 0.508 e. The molecule has 1 heterocycles. The third kappa shape index (κ3) is 8.45. The van der Waals surface area contributed by atoms with Crippen LogP contribution in [-0.2, 0) is 19.3 Å². The average Bonchev–Trinajstić information content (AvgIpc) is 3.19. The van der Waals surface area contributed by atoms with E-state index in [-0.39, 0.29) is 30.3 Å². The number of phenolic OH excluding ortho intramolecular Hbond substituents is 2. The number of allylic oxidation sites excluding steroid dienone is 2. The fourth-order valence-electron chi connectivity index (χ4n) is 10.6. The summed E-state index contributed by atoms with van der Waals surface area (Å²) in [7, 11) is 1.72. The zero-order valence-corrected chi connectivity index (χ0v) is 34.4. The Labute approximate surface area is 335 Å². The Morgan fingerprint density at radius 3 is 2.45 bits per heavy atom. The van der Waals surface area contributed by atoms with Gasteiger partial charge in [0, 0.05) is 30.2 Å². The number of ether oxygens (including phenoxy) is 3. The highest BCUT2D eigenvalue weighted by Gasteiger charge is 2.42. The van der Waals surface area contributed by atoms with Crippen molar-refractivity contribution in [3.63, 3.8) is 0 Å². The molecule has 0 saturated heterocycles. The zero-order valence-electron chi connectivity index (χ0n) is 34.4. The van der Waals surface area contributed by atoms with E-state index in [9.17, 15) is 20.4 Å². The van der Waals surface area contributed by atoms with Crippen LogP contribution in [-0.4, -0.2) is 46.4 Å². The molecule has 0 amide bonds. The molecule has 7 rings (SSSR count). The van der Waals surface area contributed by atoms with Crippen molar-refractivity contribution in [3.05, 3.63) is 76.4 Å². The molecule has 0 unspecified atom stereocenters. The van der Waals surface area contributed by atoms with Gasteiger partial charge in [-0.15, -0.1) is 0 Å². The molecule has 7 nitrogen and oxygen atoms in total. The maximum absolute atomic E-state index is 12.0. The third-order valence-corrected chi connectivity index (χ3v) is 13.5. The van der Waals surface area contributed by atoms with Crippen LogP contribution in [0.15, 0.2) is 48.6 Å². The van der Waals surface area contributed by atoms with E-state index in [1.807, 2.05) is 24.3 Å². The van der Waals surface area contributed by atoms with Gasteiger partial charge in [-0.3, -0.25) is 0 Å². The van der Waals surface area contributed by atoms with E-state index in [0.717, 1.165) is 96.2 Å². The number of phenols is 2. The van der Waals surface area contributed by atoms with E-state index in [1.165, 1.54) is 37.7 Å². The number of hydrogen-bond acceptors (Lipinski definition) is 7. The lowest BCUT2D eigenvalue weighted by Crippen LogP contribution is -2.34. The van der Waals surface area contributed by atoms with E-state index < -0.39 is 12.2 Å². The van der Waals surface area contributed by atoms with E-state index in [0.29, 0.717) is 41.6 Å². The first kappa shape index (κ1) is 40.5. The topological polar surface area (TPSA) is 109 Å². The molecule has 0 bridgehead atoms. The van der Waals surface area contributed by atoms with Crippen molar-refractivity contribution in [3.8, 4) is 39.9 Å². The first-order valence-electron chi connectivity index (χ1n) is 21.8. The maximum atomic E-state index is 12.0. The number of aliphatic hydroxyl groups excluding tert-OH is 2. The molecule has 1 saturated carbocycles. The van der Waals surface area contributed by atoms with E-state index in [2.05, 4.69) is 45.9 Å². The normalized spacial score (nSPS) is 25.2. The number of methoxy groups -OCH3 is 1. The predicted octanol–water partition coefficient (Wildman–Crippen LogP) is 10.8. The van der Waals surface area contributed by atoms with Crippen molar-refractivity contribution in [2.45, 2.75) is 142 Å². The summed E-state index contributed by atoms with van der Waals surface area (Å²) >= 11 is 0. The Morgan fingerprint density at radius 2 is 1.71 bits per heavy atom. The molecule has 56 heavy (non-hydrogen) atoms. The summed E-state index contributed by atoms with van der Waals surface area (Å²) in [5.74, 6) is 4.34.